The van der Waals surface area contributed by atoms with Gasteiger partial charge in [-0.15, -0.1) is 0 Å². The Balaban J connectivity index is 1.98. The molecule has 9 nitrogen and oxygen atoms in total. The Morgan fingerprint density at radius 3 is 2.60 bits per heavy atom. The number of anilines is 1. The molecule has 0 saturated carbocycles. The SMILES string of the molecule is C[Si](C)(C)CNc1nc(F)nc2c1ncn2[C@@H]1O[C@H](CO)[C@@H](O)[C@H]1O. The molecule has 2 aromatic heterocycles. The number of hydrogen-bond donors (Lipinski definition) is 4. The molecule has 1 aliphatic rings. The van der Waals surface area contributed by atoms with E-state index in [0.717, 1.165) is 0 Å². The summed E-state index contributed by atoms with van der Waals surface area (Å²) in [6, 6.07) is 0. The third-order valence-electron chi connectivity index (χ3n) is 3.97. The van der Waals surface area contributed by atoms with E-state index in [0.29, 0.717) is 11.7 Å². The minimum atomic E-state index is -1.45. The summed E-state index contributed by atoms with van der Waals surface area (Å²) < 4.78 is 20.7. The van der Waals surface area contributed by atoms with Gasteiger partial charge >= 0.3 is 6.08 Å². The van der Waals surface area contributed by atoms with Gasteiger partial charge in [0.05, 0.1) is 21.0 Å². The predicted molar refractivity (Wildman–Crippen MR) is 90.1 cm³/mol. The van der Waals surface area contributed by atoms with Gasteiger partial charge in [-0.2, -0.15) is 14.4 Å². The van der Waals surface area contributed by atoms with E-state index in [2.05, 4.69) is 39.9 Å². The third-order valence-corrected chi connectivity index (χ3v) is 5.21. The van der Waals surface area contributed by atoms with Gasteiger partial charge in [-0.05, 0) is 0 Å². The Kier molecular flexibility index (Phi) is 4.77. The molecule has 0 aromatic carbocycles. The second kappa shape index (κ2) is 6.57. The molecule has 1 saturated heterocycles. The van der Waals surface area contributed by atoms with E-state index < -0.39 is 45.3 Å². The molecule has 0 aliphatic carbocycles. The summed E-state index contributed by atoms with van der Waals surface area (Å²) in [4.78, 5) is 11.7. The molecule has 3 rings (SSSR count). The van der Waals surface area contributed by atoms with Crippen molar-refractivity contribution < 1.29 is 24.4 Å². The second-order valence-electron chi connectivity index (χ2n) is 7.31. The Hall–Kier alpha value is -1.66. The Morgan fingerprint density at radius 2 is 2.00 bits per heavy atom. The van der Waals surface area contributed by atoms with Gasteiger partial charge in [0.2, 0.25) is 0 Å². The summed E-state index contributed by atoms with van der Waals surface area (Å²) in [7, 11) is -1.45. The largest absolute Gasteiger partial charge is 0.394 e. The third kappa shape index (κ3) is 3.51. The molecule has 0 unspecified atom stereocenters. The Labute approximate surface area is 144 Å². The lowest BCUT2D eigenvalue weighted by Crippen LogP contribution is -2.33. The van der Waals surface area contributed by atoms with Crippen molar-refractivity contribution in [3.63, 3.8) is 0 Å². The van der Waals surface area contributed by atoms with Gasteiger partial charge in [-0.3, -0.25) is 4.57 Å². The lowest BCUT2D eigenvalue weighted by molar-refractivity contribution is -0.0511. The van der Waals surface area contributed by atoms with Crippen LogP contribution in [0, 0.1) is 6.08 Å². The fraction of sp³-hybridized carbons (Fsp3) is 0.643. The first kappa shape index (κ1) is 18.1. The van der Waals surface area contributed by atoms with Gasteiger partial charge in [-0.1, -0.05) is 19.6 Å². The number of nitrogens with one attached hydrogen (secondary N) is 1. The van der Waals surface area contributed by atoms with Crippen LogP contribution in [0.2, 0.25) is 19.6 Å². The molecule has 1 fully saturated rings. The summed E-state index contributed by atoms with van der Waals surface area (Å²) in [6.07, 6.45) is -3.43. The summed E-state index contributed by atoms with van der Waals surface area (Å²) >= 11 is 0. The summed E-state index contributed by atoms with van der Waals surface area (Å²) in [5, 5.41) is 32.4. The number of aliphatic hydroxyl groups excluding tert-OH is 3. The highest BCUT2D eigenvalue weighted by Crippen LogP contribution is 2.32. The smallest absolute Gasteiger partial charge is 0.312 e. The molecule has 4 N–H and O–H groups in total. The highest BCUT2D eigenvalue weighted by Gasteiger charge is 2.44. The summed E-state index contributed by atoms with van der Waals surface area (Å²) in [5.74, 6) is 0.274. The zero-order chi connectivity index (χ0) is 18.4. The maximum Gasteiger partial charge on any atom is 0.312 e. The molecule has 1 aliphatic heterocycles. The van der Waals surface area contributed by atoms with Crippen LogP contribution < -0.4 is 5.32 Å². The molecule has 25 heavy (non-hydrogen) atoms. The van der Waals surface area contributed by atoms with E-state index in [-0.39, 0.29) is 11.5 Å². The molecular weight excluding hydrogens is 349 g/mol. The van der Waals surface area contributed by atoms with Crippen LogP contribution in [-0.4, -0.2) is 74.0 Å². The minimum Gasteiger partial charge on any atom is -0.394 e. The highest BCUT2D eigenvalue weighted by atomic mass is 28.3. The molecule has 3 heterocycles. The highest BCUT2D eigenvalue weighted by molar-refractivity contribution is 6.76. The molecule has 138 valence electrons. The van der Waals surface area contributed by atoms with E-state index in [1.54, 1.807) is 0 Å². The topological polar surface area (TPSA) is 126 Å². The number of imidazole rings is 1. The summed E-state index contributed by atoms with van der Waals surface area (Å²) in [5.41, 5.74) is 0.484. The number of fused-ring (bicyclic) bond motifs is 1. The average Bonchev–Trinajstić information content (AvgIpc) is 3.06. The fourth-order valence-electron chi connectivity index (χ4n) is 2.66. The zero-order valence-electron chi connectivity index (χ0n) is 14.2. The first-order valence-electron chi connectivity index (χ1n) is 7.97. The first-order valence-corrected chi connectivity index (χ1v) is 11.7. The number of aliphatic hydroxyl groups is 3. The zero-order valence-corrected chi connectivity index (χ0v) is 15.2. The van der Waals surface area contributed by atoms with E-state index in [1.165, 1.54) is 10.9 Å². The molecule has 0 bridgehead atoms. The van der Waals surface area contributed by atoms with E-state index >= 15 is 0 Å². The number of rotatable bonds is 5. The van der Waals surface area contributed by atoms with Crippen LogP contribution in [0.4, 0.5) is 10.2 Å². The lowest BCUT2D eigenvalue weighted by atomic mass is 10.1. The maximum absolute atomic E-state index is 13.9. The van der Waals surface area contributed by atoms with Crippen molar-refractivity contribution in [2.45, 2.75) is 44.2 Å². The normalized spacial score (nSPS) is 27.2. The summed E-state index contributed by atoms with van der Waals surface area (Å²) in [6.45, 7) is 6.03. The molecular formula is C14H22FN5O4Si. The van der Waals surface area contributed by atoms with Crippen molar-refractivity contribution in [3.05, 3.63) is 12.4 Å². The van der Waals surface area contributed by atoms with Gasteiger partial charge in [0, 0.05) is 6.17 Å². The molecule has 0 amide bonds. The molecule has 11 heteroatoms. The lowest BCUT2D eigenvalue weighted by Gasteiger charge is -2.18. The van der Waals surface area contributed by atoms with Crippen molar-refractivity contribution in [2.24, 2.45) is 0 Å². The molecule has 0 radical (unpaired) electrons. The van der Waals surface area contributed by atoms with Gasteiger partial charge < -0.3 is 25.4 Å². The monoisotopic (exact) mass is 371 g/mol. The standard InChI is InChI=1S/C14H22FN5O4Si/c1-25(2,3)6-17-11-8-12(19-14(15)18-11)20(5-16-8)13-10(23)9(22)7(4-21)24-13/h5,7,9-10,13,21-23H,4,6H2,1-3H3,(H,17,18,19)/t7-,9-,10-,13-/m1/s1. The molecule has 2 aromatic rings. The van der Waals surface area contributed by atoms with Gasteiger partial charge in [-0.25, -0.2) is 4.98 Å². The Bertz CT molecular complexity index is 767. The minimum absolute atomic E-state index is 0.139. The van der Waals surface area contributed by atoms with E-state index in [9.17, 15) is 19.7 Å². The molecule has 0 spiro atoms. The number of aromatic nitrogens is 4. The van der Waals surface area contributed by atoms with Crippen LogP contribution in [0.3, 0.4) is 0 Å². The second-order valence-corrected chi connectivity index (χ2v) is 12.8. The van der Waals surface area contributed by atoms with Crippen LogP contribution in [0.15, 0.2) is 6.33 Å². The van der Waals surface area contributed by atoms with Crippen molar-refractivity contribution in [1.29, 1.82) is 0 Å². The van der Waals surface area contributed by atoms with Gasteiger partial charge in [0.15, 0.2) is 23.2 Å². The van der Waals surface area contributed by atoms with E-state index in [1.807, 2.05) is 0 Å². The van der Waals surface area contributed by atoms with Crippen molar-refractivity contribution in [2.75, 3.05) is 18.1 Å². The van der Waals surface area contributed by atoms with Crippen LogP contribution in [0.5, 0.6) is 0 Å². The quantitative estimate of drug-likeness (QED) is 0.423. The fourth-order valence-corrected chi connectivity index (χ4v) is 3.36. The van der Waals surface area contributed by atoms with Crippen molar-refractivity contribution in [1.82, 2.24) is 19.5 Å². The number of hydrogen-bond acceptors (Lipinski definition) is 8. The van der Waals surface area contributed by atoms with Gasteiger partial charge in [0.1, 0.15) is 18.3 Å². The van der Waals surface area contributed by atoms with Crippen molar-refractivity contribution in [3.8, 4) is 0 Å². The predicted octanol–water partition coefficient (Wildman–Crippen LogP) is -0.134. The van der Waals surface area contributed by atoms with Crippen LogP contribution in [0.1, 0.15) is 6.23 Å². The maximum atomic E-state index is 13.9. The number of ether oxygens (including phenoxy) is 1. The van der Waals surface area contributed by atoms with Crippen molar-refractivity contribution >= 4 is 25.1 Å². The van der Waals surface area contributed by atoms with Crippen LogP contribution >= 0.6 is 0 Å². The number of nitrogens with zero attached hydrogens (tertiary/aromatic N) is 4. The van der Waals surface area contributed by atoms with Crippen LogP contribution in [0.25, 0.3) is 11.2 Å². The Morgan fingerprint density at radius 1 is 1.28 bits per heavy atom. The average molecular weight is 371 g/mol. The molecule has 4 atom stereocenters. The van der Waals surface area contributed by atoms with Gasteiger partial charge in [0.25, 0.3) is 0 Å². The van der Waals surface area contributed by atoms with Crippen LogP contribution in [-0.2, 0) is 4.74 Å². The first-order chi connectivity index (χ1) is 11.7. The number of halogens is 1. The van der Waals surface area contributed by atoms with E-state index in [4.69, 9.17) is 4.74 Å².